The molecule has 0 saturated carbocycles. The molecule has 0 aliphatic heterocycles. The molecule has 129 heavy (non-hydrogen) atoms. The Morgan fingerprint density at radius 2 is 0.566 bits per heavy atom. The highest BCUT2D eigenvalue weighted by molar-refractivity contribution is 9.10. The van der Waals surface area contributed by atoms with Crippen LogP contribution in [0.4, 0.5) is 45.5 Å². The summed E-state index contributed by atoms with van der Waals surface area (Å²) in [5, 5.41) is 12.7. The van der Waals surface area contributed by atoms with Crippen LogP contribution in [0.1, 0.15) is 123 Å². The Labute approximate surface area is 757 Å². The summed E-state index contributed by atoms with van der Waals surface area (Å²) in [5.41, 5.74) is 40.7. The fraction of sp³-hybridized carbons (Fsp3) is 0.107. The van der Waals surface area contributed by atoms with E-state index in [9.17, 15) is 0 Å². The molecule has 22 aromatic rings. The van der Waals surface area contributed by atoms with Crippen LogP contribution in [0.5, 0.6) is 0 Å². The van der Waals surface area contributed by atoms with E-state index >= 15 is 0 Å². The van der Waals surface area contributed by atoms with Gasteiger partial charge in [-0.3, -0.25) is 0 Å². The molecule has 4 heterocycles. The minimum Gasteiger partial charge on any atom is -0.456 e. The summed E-state index contributed by atoms with van der Waals surface area (Å²) in [6, 6.07) is 140. The number of hydrogen-bond donors (Lipinski definition) is 1. The van der Waals surface area contributed by atoms with Gasteiger partial charge in [0.15, 0.2) is 0 Å². The van der Waals surface area contributed by atoms with Crippen molar-refractivity contribution in [2.24, 2.45) is 0 Å². The highest BCUT2D eigenvalue weighted by Crippen LogP contribution is 2.58. The SMILES string of the molecule is CC1(C)c2ccccc2-c2ccc(C(c3cccc(N(c4ccc5c(c4)C(C)(C)c4ccccc4-5)c4cccc5oc6ccccc6c45)c3)c3cccc4oc5ccccc5c34)cc21.CC1(C)c2ccccc2-c2ccc(N(c3cccc(Br)c3)c3cccc4oc5ccccc5c34)cc21.CC1(C)c2ccccc2-c2ccc(Nc3cccc4oc5ccccc5c34)cc21. The highest BCUT2D eigenvalue weighted by atomic mass is 79.9. The molecule has 4 aliphatic rings. The van der Waals surface area contributed by atoms with Gasteiger partial charge < -0.3 is 32.8 Å². The van der Waals surface area contributed by atoms with Crippen LogP contribution < -0.4 is 15.1 Å². The standard InChI is InChI=1S/C61H45NO2.C33H24BrNO.C27H21NO/c1-60(2)48-23-9-5-18-41(48)43-32-30-38(35-50(43)60)57(47-22-14-28-55-58(47)45-20-7-11-26-53(45)63-55)37-16-13-17-39(34-37)62(52-25-15-29-56-59(52)46-21-8-12-27-54(46)64-56)40-31-33-44-42-19-6-10-24-49(42)61(3,4)51(44)36-40;1-33(2)27-13-5-3-11-24(27)25-18-17-23(20-28(25)33)35(22-10-7-9-21(34)19-22)29-14-8-16-31-32(29)26-12-4-6-15-30(26)36-31;1-27(2)21-10-5-3-8-18(21)19-15-14-17(16-22(19)27)28-23-11-7-13-25-26(23)20-9-4-6-12-24(20)29-25/h5-36,57H,1-4H3;3-20H,1-2H3;3-16,28H,1-2H3. The number of nitrogens with zero attached hydrogens (tertiary/aromatic N) is 2. The molecule has 0 bridgehead atoms. The predicted octanol–water partition coefficient (Wildman–Crippen LogP) is 34.5. The Morgan fingerprint density at radius 3 is 1.04 bits per heavy atom. The Bertz CT molecular complexity index is 8130. The number of hydrogen-bond acceptors (Lipinski definition) is 7. The van der Waals surface area contributed by atoms with Gasteiger partial charge in [0, 0.05) is 87.4 Å². The monoisotopic (exact) mass is 1730 g/mol. The number of halogens is 1. The summed E-state index contributed by atoms with van der Waals surface area (Å²) in [7, 11) is 0. The molecule has 0 saturated heterocycles. The molecule has 7 nitrogen and oxygen atoms in total. The van der Waals surface area contributed by atoms with E-state index < -0.39 is 0 Å². The maximum absolute atomic E-state index is 6.57. The van der Waals surface area contributed by atoms with Crippen molar-refractivity contribution >= 4 is 149 Å². The average Bonchev–Trinajstić information content (AvgIpc) is 1.59. The largest absolute Gasteiger partial charge is 0.456 e. The molecule has 8 heteroatoms. The summed E-state index contributed by atoms with van der Waals surface area (Å²) < 4.78 is 26.5. The van der Waals surface area contributed by atoms with Crippen LogP contribution in [0, 0.1) is 0 Å². The van der Waals surface area contributed by atoms with Gasteiger partial charge in [-0.1, -0.05) is 326 Å². The molecule has 1 N–H and O–H groups in total. The molecule has 18 aromatic carbocycles. The number of nitrogens with one attached hydrogen (secondary N) is 1. The van der Waals surface area contributed by atoms with Crippen LogP contribution in [-0.2, 0) is 21.7 Å². The number of furan rings is 4. The van der Waals surface area contributed by atoms with E-state index in [0.29, 0.717) is 0 Å². The Balaban J connectivity index is 0.000000119. The Hall–Kier alpha value is -15.0. The third kappa shape index (κ3) is 12.3. The van der Waals surface area contributed by atoms with E-state index in [1.54, 1.807) is 0 Å². The molecular weight excluding hydrogens is 1640 g/mol. The fourth-order valence-corrected chi connectivity index (χ4v) is 22.6. The lowest BCUT2D eigenvalue weighted by atomic mass is 9.78. The lowest BCUT2D eigenvalue weighted by molar-refractivity contribution is 0.658. The zero-order valence-electron chi connectivity index (χ0n) is 72.9. The van der Waals surface area contributed by atoms with Gasteiger partial charge in [0.2, 0.25) is 0 Å². The van der Waals surface area contributed by atoms with Crippen LogP contribution in [0.2, 0.25) is 0 Å². The van der Waals surface area contributed by atoms with Crippen molar-refractivity contribution in [1.82, 2.24) is 0 Å². The maximum Gasteiger partial charge on any atom is 0.137 e. The van der Waals surface area contributed by atoms with E-state index in [1.807, 2.05) is 36.4 Å². The van der Waals surface area contributed by atoms with Crippen LogP contribution in [-0.4, -0.2) is 0 Å². The first-order valence-electron chi connectivity index (χ1n) is 44.7. The quantitative estimate of drug-likeness (QED) is 0.129. The van der Waals surface area contributed by atoms with Crippen molar-refractivity contribution in [3.05, 3.63) is 454 Å². The molecule has 620 valence electrons. The fourth-order valence-electron chi connectivity index (χ4n) is 22.2. The predicted molar refractivity (Wildman–Crippen MR) is 539 cm³/mol. The third-order valence-electron chi connectivity index (χ3n) is 28.4. The second-order valence-corrected chi connectivity index (χ2v) is 38.0. The topological polar surface area (TPSA) is 71.1 Å². The Kier molecular flexibility index (Phi) is 17.8. The number of fused-ring (bicyclic) bond motifs is 24. The summed E-state index contributed by atoms with van der Waals surface area (Å²) in [6.07, 6.45) is 0. The van der Waals surface area contributed by atoms with Crippen molar-refractivity contribution in [2.75, 3.05) is 15.1 Å². The van der Waals surface area contributed by atoms with Crippen molar-refractivity contribution in [3.8, 4) is 44.5 Å². The highest BCUT2D eigenvalue weighted by Gasteiger charge is 2.41. The number of rotatable bonds is 11. The van der Waals surface area contributed by atoms with Gasteiger partial charge in [0.25, 0.3) is 0 Å². The van der Waals surface area contributed by atoms with Gasteiger partial charge >= 0.3 is 0 Å². The van der Waals surface area contributed by atoms with Crippen LogP contribution in [0.3, 0.4) is 0 Å². The van der Waals surface area contributed by atoms with Crippen molar-refractivity contribution in [1.29, 1.82) is 0 Å². The molecule has 4 aromatic heterocycles. The number of para-hydroxylation sites is 4. The van der Waals surface area contributed by atoms with Gasteiger partial charge in [-0.25, -0.2) is 0 Å². The van der Waals surface area contributed by atoms with Gasteiger partial charge in [-0.05, 0) is 239 Å². The van der Waals surface area contributed by atoms with Crippen LogP contribution in [0.15, 0.2) is 410 Å². The van der Waals surface area contributed by atoms with Gasteiger partial charge in [0.05, 0.1) is 33.2 Å². The van der Waals surface area contributed by atoms with Crippen LogP contribution in [0.25, 0.3) is 132 Å². The zero-order chi connectivity index (χ0) is 86.9. The third-order valence-corrected chi connectivity index (χ3v) is 28.9. The molecule has 0 fully saturated rings. The lowest BCUT2D eigenvalue weighted by Gasteiger charge is -2.30. The summed E-state index contributed by atoms with van der Waals surface area (Å²) >= 11 is 3.70. The average molecular weight is 1730 g/mol. The summed E-state index contributed by atoms with van der Waals surface area (Å²) in [5.74, 6) is -0.115. The van der Waals surface area contributed by atoms with Crippen molar-refractivity contribution in [2.45, 2.75) is 83.0 Å². The zero-order valence-corrected chi connectivity index (χ0v) is 74.5. The van der Waals surface area contributed by atoms with E-state index in [2.05, 4.69) is 438 Å². The number of anilines is 8. The minimum atomic E-state index is -0.165. The smallest absolute Gasteiger partial charge is 0.137 e. The second-order valence-electron chi connectivity index (χ2n) is 37.1. The van der Waals surface area contributed by atoms with Crippen molar-refractivity contribution in [3.63, 3.8) is 0 Å². The molecule has 1 unspecified atom stereocenters. The summed E-state index contributed by atoms with van der Waals surface area (Å²) in [6.45, 7) is 18.7. The number of benzene rings is 18. The lowest BCUT2D eigenvalue weighted by Crippen LogP contribution is -2.17. The first kappa shape index (κ1) is 77.6. The molecular formula is C121H90BrN3O4. The molecule has 0 radical (unpaired) electrons. The van der Waals surface area contributed by atoms with E-state index in [-0.39, 0.29) is 27.6 Å². The van der Waals surface area contributed by atoms with E-state index in [4.69, 9.17) is 17.7 Å². The summed E-state index contributed by atoms with van der Waals surface area (Å²) in [4.78, 5) is 4.81. The molecule has 0 amide bonds. The van der Waals surface area contributed by atoms with E-state index in [0.717, 1.165) is 138 Å². The molecule has 4 aliphatic carbocycles. The minimum absolute atomic E-state index is 0.00202. The van der Waals surface area contributed by atoms with Crippen molar-refractivity contribution < 1.29 is 17.7 Å². The maximum atomic E-state index is 6.57. The molecule has 26 rings (SSSR count). The first-order valence-corrected chi connectivity index (χ1v) is 45.5. The first-order chi connectivity index (χ1) is 62.9. The molecule has 0 spiro atoms. The molecule has 1 atom stereocenters. The normalized spacial score (nSPS) is 14.3. The van der Waals surface area contributed by atoms with Gasteiger partial charge in [-0.15, -0.1) is 0 Å². The second kappa shape index (κ2) is 29.6. The van der Waals surface area contributed by atoms with Gasteiger partial charge in [-0.2, -0.15) is 0 Å². The van der Waals surface area contributed by atoms with Crippen LogP contribution >= 0.6 is 15.9 Å². The van der Waals surface area contributed by atoms with Gasteiger partial charge in [0.1, 0.15) is 44.7 Å². The van der Waals surface area contributed by atoms with E-state index in [1.165, 1.54) is 106 Å². The Morgan fingerprint density at radius 1 is 0.240 bits per heavy atom.